The fourth-order valence-corrected chi connectivity index (χ4v) is 9.29. The zero-order chi connectivity index (χ0) is 49.4. The van der Waals surface area contributed by atoms with E-state index in [0.717, 1.165) is 18.1 Å². The fourth-order valence-electron chi connectivity index (χ4n) is 9.29. The van der Waals surface area contributed by atoms with Crippen LogP contribution in [0.5, 0.6) is 23.1 Å². The van der Waals surface area contributed by atoms with Crippen LogP contribution in [-0.4, -0.2) is 92.6 Å². The fraction of sp³-hybridized carbons (Fsp3) is 0.314. The van der Waals surface area contributed by atoms with Crippen molar-refractivity contribution in [3.63, 3.8) is 0 Å². The first-order valence-corrected chi connectivity index (χ1v) is 22.9. The van der Waals surface area contributed by atoms with Crippen LogP contribution in [0.2, 0.25) is 0 Å². The molecule has 1 atom stereocenters. The van der Waals surface area contributed by atoms with Gasteiger partial charge in [-0.25, -0.2) is 14.4 Å². The van der Waals surface area contributed by atoms with E-state index in [-0.39, 0.29) is 96.3 Å². The highest BCUT2D eigenvalue weighted by Crippen LogP contribution is 2.37. The lowest BCUT2D eigenvalue weighted by molar-refractivity contribution is -0.137. The van der Waals surface area contributed by atoms with E-state index in [1.54, 1.807) is 59.8 Å². The molecule has 9 rings (SSSR count). The summed E-state index contributed by atoms with van der Waals surface area (Å²) in [6, 6.07) is 16.9. The number of fused-ring (bicyclic) bond motifs is 3. The van der Waals surface area contributed by atoms with Crippen molar-refractivity contribution in [3.05, 3.63) is 117 Å². The number of halogens is 1. The smallest absolute Gasteiger partial charge is 0.261 e. The predicted molar refractivity (Wildman–Crippen MR) is 254 cm³/mol. The number of likely N-dealkylation sites (tertiary alicyclic amines) is 1. The Hall–Kier alpha value is -8.22. The Balaban J connectivity index is 0.777. The minimum absolute atomic E-state index is 0.00188. The number of aryl methyl sites for hydroxylation is 2. The van der Waals surface area contributed by atoms with Crippen LogP contribution in [0, 0.1) is 18.7 Å². The van der Waals surface area contributed by atoms with E-state index >= 15 is 4.39 Å². The van der Waals surface area contributed by atoms with Crippen molar-refractivity contribution in [1.82, 2.24) is 29.7 Å². The molecule has 0 spiro atoms. The first kappa shape index (κ1) is 46.9. The second kappa shape index (κ2) is 19.4. The number of carbonyl (C=O) groups excluding carboxylic acids is 6. The second-order valence-corrected chi connectivity index (χ2v) is 17.6. The Morgan fingerprint density at radius 2 is 1.64 bits per heavy atom. The van der Waals surface area contributed by atoms with E-state index in [9.17, 15) is 33.6 Å². The van der Waals surface area contributed by atoms with E-state index in [1.165, 1.54) is 30.5 Å². The number of ether oxygens (including phenoxy) is 3. The Morgan fingerprint density at radius 3 is 2.39 bits per heavy atom. The topological polar surface area (TPSA) is 220 Å². The molecule has 19 heteroatoms. The van der Waals surface area contributed by atoms with Gasteiger partial charge in [0.1, 0.15) is 17.9 Å². The zero-order valence-electron chi connectivity index (χ0n) is 38.9. The SMILES string of the molecule is CCc1ccc2c(c1)c(=O)c(C(=O)Nc1ccc(Oc3ncnc4cc(OCC(=O)N5CCC(CC(=O)Nc6ccc7c(c6)CN(C6CCC(=O)NC6=O)C7=O)CC5)c(OC)cc34)c(F)c1)c(C)n2C. The Morgan fingerprint density at radius 1 is 0.871 bits per heavy atom. The van der Waals surface area contributed by atoms with E-state index < -0.39 is 29.1 Å². The number of rotatable bonds is 13. The first-order valence-electron chi connectivity index (χ1n) is 22.9. The second-order valence-electron chi connectivity index (χ2n) is 17.6. The quantitative estimate of drug-likeness (QED) is 0.114. The van der Waals surface area contributed by atoms with E-state index in [2.05, 4.69) is 25.9 Å². The van der Waals surface area contributed by atoms with Gasteiger partial charge in [-0.15, -0.1) is 0 Å². The van der Waals surface area contributed by atoms with Crippen LogP contribution in [0.4, 0.5) is 15.8 Å². The normalized spacial score (nSPS) is 16.0. The van der Waals surface area contributed by atoms with Crippen molar-refractivity contribution in [1.29, 1.82) is 0 Å². The number of pyridine rings is 1. The van der Waals surface area contributed by atoms with Gasteiger partial charge in [0.15, 0.2) is 29.7 Å². The minimum atomic E-state index is -0.810. The number of hydrogen-bond donors (Lipinski definition) is 3. The summed E-state index contributed by atoms with van der Waals surface area (Å²) in [4.78, 5) is 102. The number of carbonyl (C=O) groups is 6. The van der Waals surface area contributed by atoms with Gasteiger partial charge in [0, 0.05) is 79.7 Å². The highest BCUT2D eigenvalue weighted by Gasteiger charge is 2.39. The molecule has 0 saturated carbocycles. The minimum Gasteiger partial charge on any atom is -0.493 e. The standard InChI is InChI=1S/C51H49FN8O10/c1-5-28-6-10-38-35(18-28)47(64)46(27(2)58(38)3)49(66)56-32-8-12-40(36(52)21-32)70-50-34-22-41(68-4)42(23-37(34)53-26-54-50)69-25-45(63)59-16-14-29(15-17-59)19-44(62)55-31-7-9-33-30(20-31)24-60(51(33)67)39-11-13-43(61)57-48(39)65/h6-10,12,18,20-23,26,29,39H,5,11,13-17,19,24-25H2,1-4H3,(H,55,62)(H,56,66)(H,57,61,65). The molecule has 0 radical (unpaired) electrons. The lowest BCUT2D eigenvalue weighted by Crippen LogP contribution is -2.52. The summed E-state index contributed by atoms with van der Waals surface area (Å²) >= 11 is 0. The number of methoxy groups -OCH3 is 1. The number of imide groups is 1. The van der Waals surface area contributed by atoms with Crippen LogP contribution < -0.4 is 35.6 Å². The summed E-state index contributed by atoms with van der Waals surface area (Å²) in [5.74, 6) is -2.77. The van der Waals surface area contributed by atoms with Gasteiger partial charge >= 0.3 is 0 Å². The predicted octanol–water partition coefficient (Wildman–Crippen LogP) is 5.95. The molecule has 0 aliphatic carbocycles. The number of amides is 6. The van der Waals surface area contributed by atoms with E-state index in [4.69, 9.17) is 14.2 Å². The third-order valence-corrected chi connectivity index (χ3v) is 13.3. The van der Waals surface area contributed by atoms with Gasteiger partial charge < -0.3 is 39.2 Å². The maximum Gasteiger partial charge on any atom is 0.261 e. The van der Waals surface area contributed by atoms with Crippen molar-refractivity contribution in [2.24, 2.45) is 13.0 Å². The summed E-state index contributed by atoms with van der Waals surface area (Å²) < 4.78 is 34.8. The number of piperidine rings is 2. The Bertz CT molecular complexity index is 3220. The lowest BCUT2D eigenvalue weighted by atomic mass is 9.93. The maximum absolute atomic E-state index is 15.6. The van der Waals surface area contributed by atoms with Gasteiger partial charge in [0.2, 0.25) is 29.0 Å². The number of nitrogens with one attached hydrogen (secondary N) is 3. The number of hydrogen-bond acceptors (Lipinski definition) is 12. The molecule has 70 heavy (non-hydrogen) atoms. The molecule has 4 aromatic carbocycles. The van der Waals surface area contributed by atoms with E-state index in [1.807, 2.05) is 19.1 Å². The van der Waals surface area contributed by atoms with E-state index in [0.29, 0.717) is 70.2 Å². The molecule has 2 saturated heterocycles. The first-order chi connectivity index (χ1) is 33.7. The average Bonchev–Trinajstić information content (AvgIpc) is 3.67. The zero-order valence-corrected chi connectivity index (χ0v) is 38.9. The van der Waals surface area contributed by atoms with Crippen LogP contribution in [0.15, 0.2) is 77.9 Å². The Kier molecular flexibility index (Phi) is 13.0. The molecule has 5 heterocycles. The molecule has 2 fully saturated rings. The number of nitrogens with zero attached hydrogens (tertiary/aromatic N) is 5. The van der Waals surface area contributed by atoms with Gasteiger partial charge in [0.25, 0.3) is 17.7 Å². The summed E-state index contributed by atoms with van der Waals surface area (Å²) in [7, 11) is 3.20. The van der Waals surface area contributed by atoms with Gasteiger partial charge in [-0.05, 0) is 98.2 Å². The molecule has 0 bridgehead atoms. The van der Waals surface area contributed by atoms with Gasteiger partial charge in [-0.2, -0.15) is 0 Å². The Labute approximate surface area is 400 Å². The molecule has 6 aromatic rings. The molecule has 3 aliphatic heterocycles. The molecule has 2 aromatic heterocycles. The van der Waals surface area contributed by atoms with Crippen LogP contribution in [0.25, 0.3) is 21.8 Å². The molecule has 1 unspecified atom stereocenters. The highest BCUT2D eigenvalue weighted by molar-refractivity contribution is 6.07. The van der Waals surface area contributed by atoms with Crippen LogP contribution in [0.1, 0.15) is 76.6 Å². The molecule has 3 aliphatic rings. The largest absolute Gasteiger partial charge is 0.493 e. The average molecular weight is 953 g/mol. The van der Waals surface area contributed by atoms with Crippen LogP contribution in [-0.2, 0) is 39.2 Å². The summed E-state index contributed by atoms with van der Waals surface area (Å²) in [6.07, 6.45) is 3.81. The summed E-state index contributed by atoms with van der Waals surface area (Å²) in [5.41, 5.74) is 3.79. The van der Waals surface area contributed by atoms with Gasteiger partial charge in [-0.3, -0.25) is 38.9 Å². The molecule has 3 N–H and O–H groups in total. The van der Waals surface area contributed by atoms with Crippen molar-refractivity contribution >= 4 is 68.6 Å². The lowest BCUT2D eigenvalue weighted by Gasteiger charge is -2.31. The maximum atomic E-state index is 15.6. The summed E-state index contributed by atoms with van der Waals surface area (Å²) in [5, 5.41) is 8.64. The third kappa shape index (κ3) is 9.33. The number of aromatic nitrogens is 3. The molecule has 360 valence electrons. The van der Waals surface area contributed by atoms with Crippen LogP contribution >= 0.6 is 0 Å². The van der Waals surface area contributed by atoms with Crippen molar-refractivity contribution in [2.45, 2.75) is 65.0 Å². The van der Waals surface area contributed by atoms with Crippen molar-refractivity contribution < 1.29 is 47.4 Å². The van der Waals surface area contributed by atoms with Gasteiger partial charge in [-0.1, -0.05) is 13.0 Å². The van der Waals surface area contributed by atoms with Gasteiger partial charge in [0.05, 0.1) is 23.5 Å². The molecule has 6 amide bonds. The van der Waals surface area contributed by atoms with Crippen molar-refractivity contribution in [2.75, 3.05) is 37.4 Å². The molecular weight excluding hydrogens is 904 g/mol. The monoisotopic (exact) mass is 952 g/mol. The van der Waals surface area contributed by atoms with Crippen molar-refractivity contribution in [3.8, 4) is 23.1 Å². The number of benzene rings is 4. The highest BCUT2D eigenvalue weighted by atomic mass is 19.1. The molecule has 18 nitrogen and oxygen atoms in total. The third-order valence-electron chi connectivity index (χ3n) is 13.3. The summed E-state index contributed by atoms with van der Waals surface area (Å²) in [6.45, 7) is 4.41. The van der Waals surface area contributed by atoms with Crippen LogP contribution in [0.3, 0.4) is 0 Å². The molecular formula is C51H49FN8O10. The number of anilines is 2.